The molecular weight excluding hydrogens is 398 g/mol. The highest BCUT2D eigenvalue weighted by molar-refractivity contribution is 6.24. The quantitative estimate of drug-likeness (QED) is 0.256. The van der Waals surface area contributed by atoms with Gasteiger partial charge in [0.15, 0.2) is 5.58 Å². The van der Waals surface area contributed by atoms with Crippen molar-refractivity contribution in [1.82, 2.24) is 20.4 Å². The average Bonchev–Trinajstić information content (AvgIpc) is 3.45. The Kier molecular flexibility index (Phi) is 4.98. The van der Waals surface area contributed by atoms with Crippen molar-refractivity contribution < 1.29 is 4.52 Å². The zero-order chi connectivity index (χ0) is 22.2. The van der Waals surface area contributed by atoms with Gasteiger partial charge in [-0.3, -0.25) is 4.99 Å². The molecule has 0 atom stereocenters. The minimum atomic E-state index is 0.515. The van der Waals surface area contributed by atoms with Crippen molar-refractivity contribution >= 4 is 44.9 Å². The summed E-state index contributed by atoms with van der Waals surface area (Å²) < 4.78 is 5.74. The summed E-state index contributed by atoms with van der Waals surface area (Å²) in [6.45, 7) is 10.8. The lowest BCUT2D eigenvalue weighted by Crippen LogP contribution is -2.18. The lowest BCUT2D eigenvalue weighted by atomic mass is 9.95. The van der Waals surface area contributed by atoms with Gasteiger partial charge < -0.3 is 14.8 Å². The molecule has 0 aliphatic carbocycles. The van der Waals surface area contributed by atoms with E-state index in [-0.39, 0.29) is 0 Å². The van der Waals surface area contributed by atoms with Gasteiger partial charge in [0.1, 0.15) is 5.82 Å². The SMILES string of the molecule is C=N/C=C(\NCC(C)C)c1ccc2c3ccc(-c4cnc(C)[nH]4)cc3c3cnoc3c2c1. The molecule has 160 valence electrons. The summed E-state index contributed by atoms with van der Waals surface area (Å²) in [5.74, 6) is 1.41. The third kappa shape index (κ3) is 3.43. The minimum Gasteiger partial charge on any atom is -0.383 e. The fourth-order valence-corrected chi connectivity index (χ4v) is 4.12. The van der Waals surface area contributed by atoms with Crippen LogP contribution in [0, 0.1) is 12.8 Å². The highest BCUT2D eigenvalue weighted by atomic mass is 16.5. The number of aliphatic imine (C=N–C) groups is 1. The first kappa shape index (κ1) is 20.0. The number of hydrogen-bond donors (Lipinski definition) is 2. The highest BCUT2D eigenvalue weighted by Crippen LogP contribution is 2.37. The summed E-state index contributed by atoms with van der Waals surface area (Å²) in [6, 6.07) is 12.8. The van der Waals surface area contributed by atoms with Crippen LogP contribution >= 0.6 is 0 Å². The lowest BCUT2D eigenvalue weighted by molar-refractivity contribution is 0.458. The average molecular weight is 424 g/mol. The van der Waals surface area contributed by atoms with Gasteiger partial charge in [0.2, 0.25) is 0 Å². The molecule has 2 N–H and O–H groups in total. The van der Waals surface area contributed by atoms with E-state index < -0.39 is 0 Å². The molecule has 0 bridgehead atoms. The predicted molar refractivity (Wildman–Crippen MR) is 132 cm³/mol. The molecular formula is C26H25N5O. The topological polar surface area (TPSA) is 79.1 Å². The van der Waals surface area contributed by atoms with Crippen molar-refractivity contribution in [3.05, 3.63) is 66.4 Å². The third-order valence-corrected chi connectivity index (χ3v) is 5.68. The number of fused-ring (bicyclic) bond motifs is 6. The number of hydrogen-bond acceptors (Lipinski definition) is 5. The molecule has 0 spiro atoms. The fraction of sp³-hybridized carbons (Fsp3) is 0.192. The number of H-pyrrole nitrogens is 1. The molecule has 0 saturated heterocycles. The molecule has 0 aliphatic rings. The molecule has 0 amide bonds. The van der Waals surface area contributed by atoms with Crippen LogP contribution in [0.3, 0.4) is 0 Å². The fourth-order valence-electron chi connectivity index (χ4n) is 4.12. The van der Waals surface area contributed by atoms with E-state index in [9.17, 15) is 0 Å². The first-order chi connectivity index (χ1) is 15.5. The molecule has 0 unspecified atom stereocenters. The van der Waals surface area contributed by atoms with Gasteiger partial charge in [0.25, 0.3) is 0 Å². The Morgan fingerprint density at radius 1 is 1.09 bits per heavy atom. The van der Waals surface area contributed by atoms with Crippen LogP contribution in [0.4, 0.5) is 0 Å². The van der Waals surface area contributed by atoms with E-state index in [0.717, 1.165) is 67.4 Å². The third-order valence-electron chi connectivity index (χ3n) is 5.68. The van der Waals surface area contributed by atoms with Crippen LogP contribution in [0.15, 0.2) is 64.5 Å². The van der Waals surface area contributed by atoms with Gasteiger partial charge in [-0.2, -0.15) is 0 Å². The summed E-state index contributed by atoms with van der Waals surface area (Å²) in [5.41, 5.74) is 4.83. The number of imidazole rings is 1. The summed E-state index contributed by atoms with van der Waals surface area (Å²) in [7, 11) is 0. The van der Waals surface area contributed by atoms with Crippen molar-refractivity contribution in [2.24, 2.45) is 10.9 Å². The Balaban J connectivity index is 1.71. The molecule has 3 aromatic carbocycles. The maximum absolute atomic E-state index is 5.74. The summed E-state index contributed by atoms with van der Waals surface area (Å²) in [6.07, 6.45) is 5.42. The number of aromatic nitrogens is 3. The predicted octanol–water partition coefficient (Wildman–Crippen LogP) is 6.08. The Hall–Kier alpha value is -3.93. The number of nitrogens with zero attached hydrogens (tertiary/aromatic N) is 3. The second kappa shape index (κ2) is 7.96. The summed E-state index contributed by atoms with van der Waals surface area (Å²) in [4.78, 5) is 11.6. The van der Waals surface area contributed by atoms with Gasteiger partial charge in [0, 0.05) is 23.7 Å². The molecule has 6 heteroatoms. The van der Waals surface area contributed by atoms with Crippen molar-refractivity contribution in [2.45, 2.75) is 20.8 Å². The Morgan fingerprint density at radius 3 is 2.66 bits per heavy atom. The van der Waals surface area contributed by atoms with E-state index in [1.165, 1.54) is 0 Å². The van der Waals surface area contributed by atoms with Gasteiger partial charge in [-0.25, -0.2) is 4.98 Å². The van der Waals surface area contributed by atoms with Crippen molar-refractivity contribution in [1.29, 1.82) is 0 Å². The Bertz CT molecular complexity index is 1490. The Morgan fingerprint density at radius 2 is 1.91 bits per heavy atom. The van der Waals surface area contributed by atoms with Crippen molar-refractivity contribution in [3.63, 3.8) is 0 Å². The zero-order valence-electron chi connectivity index (χ0n) is 18.4. The molecule has 32 heavy (non-hydrogen) atoms. The maximum Gasteiger partial charge on any atom is 0.175 e. The zero-order valence-corrected chi connectivity index (χ0v) is 18.4. The molecule has 0 saturated carbocycles. The van der Waals surface area contributed by atoms with E-state index in [1.807, 2.05) is 13.1 Å². The summed E-state index contributed by atoms with van der Waals surface area (Å²) in [5, 5.41) is 13.0. The molecule has 5 rings (SSSR count). The molecule has 0 aliphatic heterocycles. The van der Waals surface area contributed by atoms with E-state index in [4.69, 9.17) is 4.52 Å². The monoisotopic (exact) mass is 423 g/mol. The summed E-state index contributed by atoms with van der Waals surface area (Å²) >= 11 is 0. The van der Waals surface area contributed by atoms with Crippen LogP contribution in [0.25, 0.3) is 49.5 Å². The van der Waals surface area contributed by atoms with Crippen LogP contribution in [-0.4, -0.2) is 28.4 Å². The molecule has 2 heterocycles. The number of rotatable bonds is 6. The molecule has 0 fully saturated rings. The standard InChI is InChI=1S/C26H25N5O/c1-15(2)11-29-24(13-27-4)17-5-8-20-19-7-6-18(25-14-28-16(3)31-25)9-21(19)23-12-30-32-26(23)22(20)10-17/h5-10,12-15,29H,4,11H2,1-3H3,(H,28,31)/b24-13-. The largest absolute Gasteiger partial charge is 0.383 e. The molecule has 0 radical (unpaired) electrons. The van der Waals surface area contributed by atoms with Gasteiger partial charge in [-0.15, -0.1) is 0 Å². The van der Waals surface area contributed by atoms with Gasteiger partial charge in [-0.05, 0) is 53.4 Å². The second-order valence-electron chi connectivity index (χ2n) is 8.47. The van der Waals surface area contributed by atoms with Crippen molar-refractivity contribution in [2.75, 3.05) is 6.54 Å². The first-order valence-electron chi connectivity index (χ1n) is 10.7. The van der Waals surface area contributed by atoms with Gasteiger partial charge in [0.05, 0.1) is 29.2 Å². The second-order valence-corrected chi connectivity index (χ2v) is 8.47. The molecule has 2 aromatic heterocycles. The van der Waals surface area contributed by atoms with E-state index >= 15 is 0 Å². The van der Waals surface area contributed by atoms with Crippen LogP contribution in [0.2, 0.25) is 0 Å². The minimum absolute atomic E-state index is 0.515. The smallest absolute Gasteiger partial charge is 0.175 e. The highest BCUT2D eigenvalue weighted by Gasteiger charge is 2.15. The van der Waals surface area contributed by atoms with E-state index in [0.29, 0.717) is 5.92 Å². The van der Waals surface area contributed by atoms with E-state index in [2.05, 4.69) is 82.4 Å². The Labute approximate surface area is 186 Å². The molecule has 5 aromatic rings. The van der Waals surface area contributed by atoms with Crippen LogP contribution in [-0.2, 0) is 0 Å². The van der Waals surface area contributed by atoms with Gasteiger partial charge >= 0.3 is 0 Å². The number of nitrogens with one attached hydrogen (secondary N) is 2. The number of benzene rings is 3. The first-order valence-corrected chi connectivity index (χ1v) is 10.7. The van der Waals surface area contributed by atoms with Gasteiger partial charge in [-0.1, -0.05) is 43.3 Å². The number of aryl methyl sites for hydroxylation is 1. The number of aromatic amines is 1. The van der Waals surface area contributed by atoms with Crippen LogP contribution in [0.5, 0.6) is 0 Å². The maximum atomic E-state index is 5.74. The van der Waals surface area contributed by atoms with Crippen LogP contribution < -0.4 is 5.32 Å². The van der Waals surface area contributed by atoms with E-state index in [1.54, 1.807) is 12.4 Å². The van der Waals surface area contributed by atoms with Crippen LogP contribution in [0.1, 0.15) is 25.2 Å². The normalized spacial score (nSPS) is 12.3. The molecule has 6 nitrogen and oxygen atoms in total. The van der Waals surface area contributed by atoms with Crippen molar-refractivity contribution in [3.8, 4) is 11.3 Å². The lowest BCUT2D eigenvalue weighted by Gasteiger charge is -2.14.